The lowest BCUT2D eigenvalue weighted by molar-refractivity contribution is -0.137. The molecule has 1 saturated heterocycles. The maximum atomic E-state index is 12.6. The highest BCUT2D eigenvalue weighted by Gasteiger charge is 2.29. The Morgan fingerprint density at radius 1 is 1.17 bits per heavy atom. The number of piperidine rings is 1. The van der Waals surface area contributed by atoms with Crippen molar-refractivity contribution in [2.45, 2.75) is 58.5 Å². The van der Waals surface area contributed by atoms with Gasteiger partial charge in [-0.2, -0.15) is 0 Å². The first-order chi connectivity index (χ1) is 11.3. The Bertz CT molecular complexity index is 473. The van der Waals surface area contributed by atoms with Gasteiger partial charge >= 0.3 is 6.09 Å². The molecule has 1 fully saturated rings. The van der Waals surface area contributed by atoms with Crippen LogP contribution in [0.2, 0.25) is 0 Å². The van der Waals surface area contributed by atoms with Crippen molar-refractivity contribution in [3.05, 3.63) is 12.2 Å². The third kappa shape index (κ3) is 5.53. The van der Waals surface area contributed by atoms with Crippen LogP contribution in [0.25, 0.3) is 0 Å². The van der Waals surface area contributed by atoms with Crippen molar-refractivity contribution in [2.75, 3.05) is 26.7 Å². The number of rotatable bonds is 3. The fourth-order valence-electron chi connectivity index (χ4n) is 3.41. The summed E-state index contributed by atoms with van der Waals surface area (Å²) in [6.45, 7) is 7.96. The van der Waals surface area contributed by atoms with Crippen LogP contribution in [0.5, 0.6) is 0 Å². The molecule has 0 aromatic heterocycles. The number of carbonyl (C=O) groups is 2. The number of allylic oxidation sites excluding steroid dienone is 2. The van der Waals surface area contributed by atoms with Gasteiger partial charge in [-0.15, -0.1) is 0 Å². The van der Waals surface area contributed by atoms with E-state index in [1.54, 1.807) is 11.9 Å². The SMILES string of the molecule is CN(CC1CCN(C(=O)[C@H]2CC=CCC2)CC1)C(=O)OC(C)(C)C. The molecule has 0 bridgehead atoms. The number of hydrogen-bond acceptors (Lipinski definition) is 3. The fourth-order valence-corrected chi connectivity index (χ4v) is 3.41. The lowest BCUT2D eigenvalue weighted by Gasteiger charge is -2.36. The largest absolute Gasteiger partial charge is 0.444 e. The minimum absolute atomic E-state index is 0.177. The zero-order chi connectivity index (χ0) is 17.7. The van der Waals surface area contributed by atoms with E-state index in [0.29, 0.717) is 18.4 Å². The number of nitrogens with zero attached hydrogens (tertiary/aromatic N) is 2. The summed E-state index contributed by atoms with van der Waals surface area (Å²) in [7, 11) is 1.79. The molecule has 1 aliphatic carbocycles. The Balaban J connectivity index is 1.75. The van der Waals surface area contributed by atoms with Crippen LogP contribution in [0.3, 0.4) is 0 Å². The molecule has 5 nitrogen and oxygen atoms in total. The summed E-state index contributed by atoms with van der Waals surface area (Å²) in [6.07, 6.45) is 8.85. The van der Waals surface area contributed by atoms with Gasteiger partial charge in [0.25, 0.3) is 0 Å². The van der Waals surface area contributed by atoms with Crippen LogP contribution in [0.1, 0.15) is 52.9 Å². The van der Waals surface area contributed by atoms with Gasteiger partial charge in [0, 0.05) is 32.6 Å². The van der Waals surface area contributed by atoms with Crippen molar-refractivity contribution in [3.63, 3.8) is 0 Å². The summed E-state index contributed by atoms with van der Waals surface area (Å²) in [5, 5.41) is 0. The second-order valence-electron chi connectivity index (χ2n) is 8.11. The Kier molecular flexibility index (Phi) is 6.30. The Labute approximate surface area is 146 Å². The van der Waals surface area contributed by atoms with Gasteiger partial charge in [-0.3, -0.25) is 4.79 Å². The summed E-state index contributed by atoms with van der Waals surface area (Å²) in [6, 6.07) is 0. The van der Waals surface area contributed by atoms with Gasteiger partial charge in [-0.05, 0) is 58.8 Å². The van der Waals surface area contributed by atoms with Gasteiger partial charge in [0.15, 0.2) is 0 Å². The van der Waals surface area contributed by atoms with Gasteiger partial charge in [-0.25, -0.2) is 4.79 Å². The minimum atomic E-state index is -0.463. The maximum absolute atomic E-state index is 12.6. The molecule has 0 spiro atoms. The number of likely N-dealkylation sites (tertiary alicyclic amines) is 1. The molecule has 1 heterocycles. The Morgan fingerprint density at radius 3 is 2.38 bits per heavy atom. The molecule has 5 heteroatoms. The van der Waals surface area contributed by atoms with Crippen molar-refractivity contribution < 1.29 is 14.3 Å². The molecule has 0 unspecified atom stereocenters. The second kappa shape index (κ2) is 8.04. The van der Waals surface area contributed by atoms with Gasteiger partial charge in [-0.1, -0.05) is 12.2 Å². The average molecular weight is 336 g/mol. The number of carbonyl (C=O) groups excluding carboxylic acids is 2. The van der Waals surface area contributed by atoms with E-state index in [4.69, 9.17) is 4.74 Å². The average Bonchev–Trinajstić information content (AvgIpc) is 2.54. The first kappa shape index (κ1) is 18.8. The Hall–Kier alpha value is -1.52. The van der Waals surface area contributed by atoms with Crippen molar-refractivity contribution in [1.29, 1.82) is 0 Å². The van der Waals surface area contributed by atoms with Crippen LogP contribution in [0, 0.1) is 11.8 Å². The molecular weight excluding hydrogens is 304 g/mol. The summed E-state index contributed by atoms with van der Waals surface area (Å²) < 4.78 is 5.40. The second-order valence-corrected chi connectivity index (χ2v) is 8.11. The molecule has 0 radical (unpaired) electrons. The van der Waals surface area contributed by atoms with E-state index >= 15 is 0 Å². The van der Waals surface area contributed by atoms with Crippen molar-refractivity contribution in [2.24, 2.45) is 11.8 Å². The van der Waals surface area contributed by atoms with E-state index in [-0.39, 0.29) is 12.0 Å². The maximum Gasteiger partial charge on any atom is 0.410 e. The third-order valence-corrected chi connectivity index (χ3v) is 4.78. The highest BCUT2D eigenvalue weighted by Crippen LogP contribution is 2.25. The number of amides is 2. The number of hydrogen-bond donors (Lipinski definition) is 0. The third-order valence-electron chi connectivity index (χ3n) is 4.78. The highest BCUT2D eigenvalue weighted by molar-refractivity contribution is 5.79. The first-order valence-electron chi connectivity index (χ1n) is 9.14. The highest BCUT2D eigenvalue weighted by atomic mass is 16.6. The number of ether oxygens (including phenoxy) is 1. The molecule has 1 atom stereocenters. The molecule has 0 saturated carbocycles. The summed E-state index contributed by atoms with van der Waals surface area (Å²) in [5.41, 5.74) is -0.463. The quantitative estimate of drug-likeness (QED) is 0.742. The molecule has 2 aliphatic rings. The monoisotopic (exact) mass is 336 g/mol. The van der Waals surface area contributed by atoms with Gasteiger partial charge < -0.3 is 14.5 Å². The van der Waals surface area contributed by atoms with Crippen LogP contribution in [0.4, 0.5) is 4.79 Å². The zero-order valence-electron chi connectivity index (χ0n) is 15.6. The van der Waals surface area contributed by atoms with Crippen molar-refractivity contribution in [1.82, 2.24) is 9.80 Å². The van der Waals surface area contributed by atoms with E-state index in [1.807, 2.05) is 25.7 Å². The summed E-state index contributed by atoms with van der Waals surface area (Å²) >= 11 is 0. The first-order valence-corrected chi connectivity index (χ1v) is 9.14. The molecule has 24 heavy (non-hydrogen) atoms. The molecule has 136 valence electrons. The predicted octanol–water partition coefficient (Wildman–Crippen LogP) is 3.45. The lowest BCUT2D eigenvalue weighted by atomic mass is 9.90. The zero-order valence-corrected chi connectivity index (χ0v) is 15.6. The molecule has 0 aromatic rings. The topological polar surface area (TPSA) is 49.9 Å². The van der Waals surface area contributed by atoms with E-state index in [9.17, 15) is 9.59 Å². The van der Waals surface area contributed by atoms with Gasteiger partial charge in [0.05, 0.1) is 0 Å². The van der Waals surface area contributed by atoms with Gasteiger partial charge in [0.1, 0.15) is 5.60 Å². The van der Waals surface area contributed by atoms with Crippen LogP contribution in [-0.2, 0) is 9.53 Å². The lowest BCUT2D eigenvalue weighted by Crippen LogP contribution is -2.44. The van der Waals surface area contributed by atoms with E-state index < -0.39 is 5.60 Å². The predicted molar refractivity (Wildman–Crippen MR) is 94.6 cm³/mol. The van der Waals surface area contributed by atoms with Crippen molar-refractivity contribution in [3.8, 4) is 0 Å². The molecule has 0 N–H and O–H groups in total. The smallest absolute Gasteiger partial charge is 0.410 e. The summed E-state index contributed by atoms with van der Waals surface area (Å²) in [5.74, 6) is 0.937. The molecule has 1 aliphatic heterocycles. The minimum Gasteiger partial charge on any atom is -0.444 e. The van der Waals surface area contributed by atoms with E-state index in [2.05, 4.69) is 12.2 Å². The van der Waals surface area contributed by atoms with E-state index in [1.165, 1.54) is 0 Å². The summed E-state index contributed by atoms with van der Waals surface area (Å²) in [4.78, 5) is 28.3. The van der Waals surface area contributed by atoms with Crippen molar-refractivity contribution >= 4 is 12.0 Å². The van der Waals surface area contributed by atoms with Crippen LogP contribution < -0.4 is 0 Å². The Morgan fingerprint density at radius 2 is 1.83 bits per heavy atom. The standard InChI is InChI=1S/C19H32N2O3/c1-19(2,3)24-18(23)20(4)14-15-10-12-21(13-11-15)17(22)16-8-6-5-7-9-16/h5-6,15-16H,7-14H2,1-4H3/t16-/m0/s1. The molecule has 0 aromatic carbocycles. The molecular formula is C19H32N2O3. The van der Waals surface area contributed by atoms with Crippen LogP contribution in [0.15, 0.2) is 12.2 Å². The molecule has 2 amide bonds. The fraction of sp³-hybridized carbons (Fsp3) is 0.789. The normalized spacial score (nSPS) is 22.3. The molecule has 2 rings (SSSR count). The van der Waals surface area contributed by atoms with Crippen LogP contribution in [-0.4, -0.2) is 54.1 Å². The van der Waals surface area contributed by atoms with E-state index in [0.717, 1.165) is 45.2 Å². The van der Waals surface area contributed by atoms with Crippen LogP contribution >= 0.6 is 0 Å². The van der Waals surface area contributed by atoms with Gasteiger partial charge in [0.2, 0.25) is 5.91 Å².